The number of hydrogen-bond donors (Lipinski definition) is 2. The molecule has 0 aliphatic rings. The van der Waals surface area contributed by atoms with Crippen molar-refractivity contribution in [1.82, 2.24) is 0 Å². The summed E-state index contributed by atoms with van der Waals surface area (Å²) in [6.45, 7) is 1.95. The van der Waals surface area contributed by atoms with E-state index >= 15 is 0 Å². The normalized spacial score (nSPS) is 10.1. The lowest BCUT2D eigenvalue weighted by Crippen LogP contribution is -2.12. The molecule has 18 heavy (non-hydrogen) atoms. The SMILES string of the molecule is Cc1cccc(C(=O)Nc2ccc(Br)c(N)c2)c1. The van der Waals surface area contributed by atoms with Crippen LogP contribution in [0.1, 0.15) is 15.9 Å². The molecule has 0 aliphatic heterocycles. The summed E-state index contributed by atoms with van der Waals surface area (Å²) in [4.78, 5) is 12.0. The Balaban J connectivity index is 2.18. The van der Waals surface area contributed by atoms with Crippen LogP contribution in [0.2, 0.25) is 0 Å². The fraction of sp³-hybridized carbons (Fsp3) is 0.0714. The molecule has 0 spiro atoms. The second kappa shape index (κ2) is 5.23. The van der Waals surface area contributed by atoms with Gasteiger partial charge in [-0.25, -0.2) is 0 Å². The molecule has 0 heterocycles. The van der Waals surface area contributed by atoms with Crippen LogP contribution in [0.5, 0.6) is 0 Å². The van der Waals surface area contributed by atoms with Gasteiger partial charge in [0.1, 0.15) is 0 Å². The molecule has 2 aromatic carbocycles. The van der Waals surface area contributed by atoms with Crippen LogP contribution in [0.25, 0.3) is 0 Å². The van der Waals surface area contributed by atoms with Crippen molar-refractivity contribution in [3.8, 4) is 0 Å². The molecule has 0 fully saturated rings. The predicted octanol–water partition coefficient (Wildman–Crippen LogP) is 3.59. The molecular formula is C14H13BrN2O. The number of benzene rings is 2. The Labute approximate surface area is 114 Å². The van der Waals surface area contributed by atoms with E-state index in [9.17, 15) is 4.79 Å². The molecule has 2 rings (SSSR count). The summed E-state index contributed by atoms with van der Waals surface area (Å²) < 4.78 is 0.816. The summed E-state index contributed by atoms with van der Waals surface area (Å²) in [5.41, 5.74) is 8.73. The lowest BCUT2D eigenvalue weighted by atomic mass is 10.1. The van der Waals surface area contributed by atoms with Crippen molar-refractivity contribution in [2.45, 2.75) is 6.92 Å². The molecule has 0 aromatic heterocycles. The minimum absolute atomic E-state index is 0.138. The molecule has 0 atom stereocenters. The molecule has 0 saturated carbocycles. The standard InChI is InChI=1S/C14H13BrN2O/c1-9-3-2-4-10(7-9)14(18)17-11-5-6-12(15)13(16)8-11/h2-8H,16H2,1H3,(H,17,18). The fourth-order valence-electron chi connectivity index (χ4n) is 1.61. The molecule has 0 saturated heterocycles. The third kappa shape index (κ3) is 2.90. The van der Waals surface area contributed by atoms with Crippen LogP contribution < -0.4 is 11.1 Å². The summed E-state index contributed by atoms with van der Waals surface area (Å²) in [6.07, 6.45) is 0. The number of nitrogens with two attached hydrogens (primary N) is 1. The number of halogens is 1. The quantitative estimate of drug-likeness (QED) is 0.833. The Kier molecular flexibility index (Phi) is 3.67. The van der Waals surface area contributed by atoms with Crippen molar-refractivity contribution >= 4 is 33.2 Å². The predicted molar refractivity (Wildman–Crippen MR) is 77.7 cm³/mol. The van der Waals surface area contributed by atoms with Gasteiger partial charge in [-0.1, -0.05) is 17.7 Å². The number of carbonyl (C=O) groups excluding carboxylic acids is 1. The highest BCUT2D eigenvalue weighted by Gasteiger charge is 2.06. The van der Waals surface area contributed by atoms with Gasteiger partial charge in [-0.05, 0) is 53.2 Å². The number of carbonyl (C=O) groups is 1. The Morgan fingerprint density at radius 2 is 2.00 bits per heavy atom. The maximum atomic E-state index is 12.0. The maximum Gasteiger partial charge on any atom is 0.255 e. The zero-order chi connectivity index (χ0) is 13.1. The number of hydrogen-bond acceptors (Lipinski definition) is 2. The molecular weight excluding hydrogens is 292 g/mol. The van der Waals surface area contributed by atoms with Crippen molar-refractivity contribution < 1.29 is 4.79 Å². The second-order valence-electron chi connectivity index (χ2n) is 4.06. The van der Waals surface area contributed by atoms with E-state index in [1.807, 2.05) is 25.1 Å². The highest BCUT2D eigenvalue weighted by atomic mass is 79.9. The third-order valence-electron chi connectivity index (χ3n) is 2.53. The van der Waals surface area contributed by atoms with E-state index < -0.39 is 0 Å². The first-order chi connectivity index (χ1) is 8.56. The minimum atomic E-state index is -0.138. The van der Waals surface area contributed by atoms with Gasteiger partial charge in [-0.15, -0.1) is 0 Å². The molecule has 2 aromatic rings. The van der Waals surface area contributed by atoms with Gasteiger partial charge in [0.2, 0.25) is 0 Å². The van der Waals surface area contributed by atoms with Gasteiger partial charge in [0, 0.05) is 21.4 Å². The lowest BCUT2D eigenvalue weighted by Gasteiger charge is -2.07. The highest BCUT2D eigenvalue weighted by molar-refractivity contribution is 9.10. The summed E-state index contributed by atoms with van der Waals surface area (Å²) in [7, 11) is 0. The van der Waals surface area contributed by atoms with E-state index in [0.29, 0.717) is 16.9 Å². The first kappa shape index (κ1) is 12.6. The first-order valence-electron chi connectivity index (χ1n) is 5.49. The van der Waals surface area contributed by atoms with Crippen molar-refractivity contribution in [1.29, 1.82) is 0 Å². The number of aryl methyl sites for hydroxylation is 1. The summed E-state index contributed by atoms with van der Waals surface area (Å²) >= 11 is 3.31. The minimum Gasteiger partial charge on any atom is -0.398 e. The molecule has 0 radical (unpaired) electrons. The monoisotopic (exact) mass is 304 g/mol. The molecule has 0 aliphatic carbocycles. The van der Waals surface area contributed by atoms with Crippen molar-refractivity contribution in [3.63, 3.8) is 0 Å². The second-order valence-corrected chi connectivity index (χ2v) is 4.91. The smallest absolute Gasteiger partial charge is 0.255 e. The largest absolute Gasteiger partial charge is 0.398 e. The zero-order valence-electron chi connectivity index (χ0n) is 9.91. The number of nitrogen functional groups attached to an aromatic ring is 1. The first-order valence-corrected chi connectivity index (χ1v) is 6.28. The van der Waals surface area contributed by atoms with Crippen molar-refractivity contribution in [2.75, 3.05) is 11.1 Å². The topological polar surface area (TPSA) is 55.1 Å². The van der Waals surface area contributed by atoms with E-state index in [-0.39, 0.29) is 5.91 Å². The van der Waals surface area contributed by atoms with Crippen LogP contribution in [-0.2, 0) is 0 Å². The Morgan fingerprint density at radius 1 is 1.22 bits per heavy atom. The van der Waals surface area contributed by atoms with Crippen LogP contribution >= 0.6 is 15.9 Å². The van der Waals surface area contributed by atoms with E-state index in [2.05, 4.69) is 21.2 Å². The maximum absolute atomic E-state index is 12.0. The number of anilines is 2. The molecule has 92 valence electrons. The van der Waals surface area contributed by atoms with Gasteiger partial charge in [0.15, 0.2) is 0 Å². The molecule has 4 heteroatoms. The lowest BCUT2D eigenvalue weighted by molar-refractivity contribution is 0.102. The number of rotatable bonds is 2. The van der Waals surface area contributed by atoms with E-state index in [0.717, 1.165) is 10.0 Å². The third-order valence-corrected chi connectivity index (χ3v) is 3.26. The Morgan fingerprint density at radius 3 is 2.67 bits per heavy atom. The highest BCUT2D eigenvalue weighted by Crippen LogP contribution is 2.23. The average Bonchev–Trinajstić information content (AvgIpc) is 2.34. The molecule has 1 amide bonds. The molecule has 0 unspecified atom stereocenters. The Hall–Kier alpha value is -1.81. The van der Waals surface area contributed by atoms with E-state index in [1.54, 1.807) is 24.3 Å². The van der Waals surface area contributed by atoms with Gasteiger partial charge >= 0.3 is 0 Å². The van der Waals surface area contributed by atoms with Gasteiger partial charge in [-0.3, -0.25) is 4.79 Å². The van der Waals surface area contributed by atoms with Crippen LogP contribution in [0.4, 0.5) is 11.4 Å². The fourth-order valence-corrected chi connectivity index (χ4v) is 1.86. The van der Waals surface area contributed by atoms with Gasteiger partial charge < -0.3 is 11.1 Å². The van der Waals surface area contributed by atoms with Crippen LogP contribution in [0.3, 0.4) is 0 Å². The van der Waals surface area contributed by atoms with Gasteiger partial charge in [0.25, 0.3) is 5.91 Å². The zero-order valence-corrected chi connectivity index (χ0v) is 11.5. The average molecular weight is 305 g/mol. The summed E-state index contributed by atoms with van der Waals surface area (Å²) in [5.74, 6) is -0.138. The van der Waals surface area contributed by atoms with Crippen LogP contribution in [0, 0.1) is 6.92 Å². The van der Waals surface area contributed by atoms with Gasteiger partial charge in [0.05, 0.1) is 0 Å². The summed E-state index contributed by atoms with van der Waals surface area (Å²) in [5, 5.41) is 2.81. The van der Waals surface area contributed by atoms with Crippen molar-refractivity contribution in [2.24, 2.45) is 0 Å². The molecule has 0 bridgehead atoms. The van der Waals surface area contributed by atoms with Crippen LogP contribution in [0.15, 0.2) is 46.9 Å². The number of amides is 1. The Bertz CT molecular complexity index is 596. The molecule has 3 nitrogen and oxygen atoms in total. The number of nitrogens with one attached hydrogen (secondary N) is 1. The summed E-state index contributed by atoms with van der Waals surface area (Å²) in [6, 6.07) is 12.8. The van der Waals surface area contributed by atoms with Gasteiger partial charge in [-0.2, -0.15) is 0 Å². The van der Waals surface area contributed by atoms with Crippen LogP contribution in [-0.4, -0.2) is 5.91 Å². The molecule has 3 N–H and O–H groups in total. The van der Waals surface area contributed by atoms with E-state index in [1.165, 1.54) is 0 Å². The van der Waals surface area contributed by atoms with E-state index in [4.69, 9.17) is 5.73 Å². The van der Waals surface area contributed by atoms with Crippen molar-refractivity contribution in [3.05, 3.63) is 58.1 Å².